The Morgan fingerprint density at radius 1 is 1.04 bits per heavy atom. The highest BCUT2D eigenvalue weighted by Crippen LogP contribution is 2.28. The standard InChI is InChI=1S/C18H22N2O3/c1-4-13-5-7-14(8-6-13)19-12-18(21)20-16-10-9-15(22-2)11-17(16)23-3/h5-11,19H,4,12H2,1-3H3,(H,20,21). The van der Waals surface area contributed by atoms with E-state index in [1.807, 2.05) is 24.3 Å². The Balaban J connectivity index is 1.93. The molecule has 0 aliphatic rings. The summed E-state index contributed by atoms with van der Waals surface area (Å²) in [5, 5.41) is 5.92. The number of benzene rings is 2. The highest BCUT2D eigenvalue weighted by atomic mass is 16.5. The molecule has 1 amide bonds. The molecule has 5 nitrogen and oxygen atoms in total. The van der Waals surface area contributed by atoms with E-state index >= 15 is 0 Å². The van der Waals surface area contributed by atoms with Crippen LogP contribution in [0, 0.1) is 0 Å². The van der Waals surface area contributed by atoms with Crippen LogP contribution in [0.15, 0.2) is 42.5 Å². The van der Waals surface area contributed by atoms with Crippen molar-refractivity contribution in [3.05, 3.63) is 48.0 Å². The number of hydrogen-bond acceptors (Lipinski definition) is 4. The number of methoxy groups -OCH3 is 2. The average molecular weight is 314 g/mol. The number of rotatable bonds is 7. The third kappa shape index (κ3) is 4.64. The lowest BCUT2D eigenvalue weighted by molar-refractivity contribution is -0.114. The van der Waals surface area contributed by atoms with Crippen LogP contribution in [0.25, 0.3) is 0 Å². The zero-order valence-corrected chi connectivity index (χ0v) is 13.7. The molecule has 2 aromatic carbocycles. The van der Waals surface area contributed by atoms with Gasteiger partial charge in [0, 0.05) is 11.8 Å². The van der Waals surface area contributed by atoms with Gasteiger partial charge in [-0.05, 0) is 36.2 Å². The molecule has 23 heavy (non-hydrogen) atoms. The molecule has 122 valence electrons. The molecular formula is C18H22N2O3. The molecule has 0 radical (unpaired) electrons. The Kier molecular flexibility index (Phi) is 5.86. The highest BCUT2D eigenvalue weighted by Gasteiger charge is 2.08. The first-order chi connectivity index (χ1) is 11.2. The number of amides is 1. The molecule has 0 aromatic heterocycles. The zero-order valence-electron chi connectivity index (χ0n) is 13.7. The molecule has 0 aliphatic heterocycles. The van der Waals surface area contributed by atoms with Gasteiger partial charge < -0.3 is 20.1 Å². The number of ether oxygens (including phenoxy) is 2. The van der Waals surface area contributed by atoms with Crippen LogP contribution in [0.3, 0.4) is 0 Å². The summed E-state index contributed by atoms with van der Waals surface area (Å²) >= 11 is 0. The van der Waals surface area contributed by atoms with Gasteiger partial charge in [0.2, 0.25) is 5.91 Å². The van der Waals surface area contributed by atoms with Crippen LogP contribution in [-0.4, -0.2) is 26.7 Å². The number of nitrogens with one attached hydrogen (secondary N) is 2. The molecular weight excluding hydrogens is 292 g/mol. The summed E-state index contributed by atoms with van der Waals surface area (Å²) in [6.45, 7) is 2.29. The maximum absolute atomic E-state index is 12.1. The molecule has 0 atom stereocenters. The van der Waals surface area contributed by atoms with Gasteiger partial charge in [-0.15, -0.1) is 0 Å². The van der Waals surface area contributed by atoms with Crippen molar-refractivity contribution in [1.82, 2.24) is 0 Å². The SMILES string of the molecule is CCc1ccc(NCC(=O)Nc2ccc(OC)cc2OC)cc1. The van der Waals surface area contributed by atoms with Crippen molar-refractivity contribution in [3.63, 3.8) is 0 Å². The normalized spacial score (nSPS) is 10.0. The molecule has 2 N–H and O–H groups in total. The third-order valence-electron chi connectivity index (χ3n) is 3.50. The van der Waals surface area contributed by atoms with Gasteiger partial charge >= 0.3 is 0 Å². The van der Waals surface area contributed by atoms with Gasteiger partial charge in [0.25, 0.3) is 0 Å². The second-order valence-electron chi connectivity index (χ2n) is 5.02. The van der Waals surface area contributed by atoms with E-state index in [1.54, 1.807) is 32.4 Å². The average Bonchev–Trinajstić information content (AvgIpc) is 2.60. The molecule has 0 saturated heterocycles. The van der Waals surface area contributed by atoms with Crippen molar-refractivity contribution < 1.29 is 14.3 Å². The third-order valence-corrected chi connectivity index (χ3v) is 3.50. The lowest BCUT2D eigenvalue weighted by Crippen LogP contribution is -2.22. The number of carbonyl (C=O) groups is 1. The Morgan fingerprint density at radius 2 is 1.78 bits per heavy atom. The first-order valence-electron chi connectivity index (χ1n) is 7.51. The quantitative estimate of drug-likeness (QED) is 0.823. The first kappa shape index (κ1) is 16.7. The monoisotopic (exact) mass is 314 g/mol. The van der Waals surface area contributed by atoms with E-state index < -0.39 is 0 Å². The van der Waals surface area contributed by atoms with Crippen LogP contribution < -0.4 is 20.1 Å². The maximum atomic E-state index is 12.1. The molecule has 0 bridgehead atoms. The van der Waals surface area contributed by atoms with E-state index in [1.165, 1.54) is 5.56 Å². The fourth-order valence-electron chi connectivity index (χ4n) is 2.14. The van der Waals surface area contributed by atoms with Gasteiger partial charge in [-0.3, -0.25) is 4.79 Å². The van der Waals surface area contributed by atoms with E-state index in [9.17, 15) is 4.79 Å². The van der Waals surface area contributed by atoms with Gasteiger partial charge in [0.1, 0.15) is 11.5 Å². The van der Waals surface area contributed by atoms with Crippen LogP contribution in [0.4, 0.5) is 11.4 Å². The van der Waals surface area contributed by atoms with E-state index in [2.05, 4.69) is 17.6 Å². The van der Waals surface area contributed by atoms with Gasteiger partial charge in [-0.2, -0.15) is 0 Å². The predicted molar refractivity (Wildman–Crippen MR) is 92.5 cm³/mol. The molecule has 0 fully saturated rings. The highest BCUT2D eigenvalue weighted by molar-refractivity contribution is 5.95. The topological polar surface area (TPSA) is 59.6 Å². The smallest absolute Gasteiger partial charge is 0.243 e. The van der Waals surface area contributed by atoms with Crippen molar-refractivity contribution in [1.29, 1.82) is 0 Å². The number of hydrogen-bond donors (Lipinski definition) is 2. The second-order valence-corrected chi connectivity index (χ2v) is 5.02. The summed E-state index contributed by atoms with van der Waals surface area (Å²) in [6, 6.07) is 13.3. The molecule has 5 heteroatoms. The zero-order chi connectivity index (χ0) is 16.7. The summed E-state index contributed by atoms with van der Waals surface area (Å²) in [4.78, 5) is 12.1. The first-order valence-corrected chi connectivity index (χ1v) is 7.51. The number of aryl methyl sites for hydroxylation is 1. The molecule has 2 aromatic rings. The van der Waals surface area contributed by atoms with Crippen molar-refractivity contribution in [3.8, 4) is 11.5 Å². The van der Waals surface area contributed by atoms with E-state index in [4.69, 9.17) is 9.47 Å². The van der Waals surface area contributed by atoms with Gasteiger partial charge in [-0.25, -0.2) is 0 Å². The molecule has 0 saturated carbocycles. The minimum absolute atomic E-state index is 0.145. The van der Waals surface area contributed by atoms with Crippen molar-refractivity contribution in [2.45, 2.75) is 13.3 Å². The molecule has 0 heterocycles. The van der Waals surface area contributed by atoms with E-state index in [-0.39, 0.29) is 12.5 Å². The molecule has 2 rings (SSSR count). The summed E-state index contributed by atoms with van der Waals surface area (Å²) in [5.74, 6) is 1.09. The lowest BCUT2D eigenvalue weighted by Gasteiger charge is -2.12. The van der Waals surface area contributed by atoms with Crippen LogP contribution in [0.5, 0.6) is 11.5 Å². The molecule has 0 spiro atoms. The minimum atomic E-state index is -0.145. The van der Waals surface area contributed by atoms with Crippen molar-refractivity contribution in [2.24, 2.45) is 0 Å². The Labute approximate surface area is 136 Å². The fourth-order valence-corrected chi connectivity index (χ4v) is 2.14. The number of anilines is 2. The van der Waals surface area contributed by atoms with Crippen LogP contribution in [0.2, 0.25) is 0 Å². The lowest BCUT2D eigenvalue weighted by atomic mass is 10.1. The van der Waals surface area contributed by atoms with Crippen LogP contribution in [0.1, 0.15) is 12.5 Å². The summed E-state index contributed by atoms with van der Waals surface area (Å²) in [6.07, 6.45) is 0.998. The maximum Gasteiger partial charge on any atom is 0.243 e. The number of carbonyl (C=O) groups excluding carboxylic acids is 1. The Morgan fingerprint density at radius 3 is 2.39 bits per heavy atom. The van der Waals surface area contributed by atoms with Gasteiger partial charge in [0.05, 0.1) is 26.5 Å². The van der Waals surface area contributed by atoms with Crippen molar-refractivity contribution >= 4 is 17.3 Å². The van der Waals surface area contributed by atoms with Crippen LogP contribution in [-0.2, 0) is 11.2 Å². The largest absolute Gasteiger partial charge is 0.497 e. The Bertz CT molecular complexity index is 654. The van der Waals surface area contributed by atoms with Crippen LogP contribution >= 0.6 is 0 Å². The minimum Gasteiger partial charge on any atom is -0.497 e. The van der Waals surface area contributed by atoms with E-state index in [0.717, 1.165) is 12.1 Å². The predicted octanol–water partition coefficient (Wildman–Crippen LogP) is 3.32. The van der Waals surface area contributed by atoms with Gasteiger partial charge in [0.15, 0.2) is 0 Å². The summed E-state index contributed by atoms with van der Waals surface area (Å²) < 4.78 is 10.4. The second kappa shape index (κ2) is 8.08. The Hall–Kier alpha value is -2.69. The fraction of sp³-hybridized carbons (Fsp3) is 0.278. The molecule has 0 aliphatic carbocycles. The van der Waals surface area contributed by atoms with Crippen molar-refractivity contribution in [2.75, 3.05) is 31.4 Å². The van der Waals surface area contributed by atoms with Gasteiger partial charge in [-0.1, -0.05) is 19.1 Å². The summed E-state index contributed by atoms with van der Waals surface area (Å²) in [7, 11) is 3.14. The summed E-state index contributed by atoms with van der Waals surface area (Å²) in [5.41, 5.74) is 2.79. The van der Waals surface area contributed by atoms with E-state index in [0.29, 0.717) is 17.2 Å². The molecule has 0 unspecified atom stereocenters.